The Morgan fingerprint density at radius 2 is 1.94 bits per heavy atom. The Labute approximate surface area is 226 Å². The lowest BCUT2D eigenvalue weighted by Crippen LogP contribution is -2.36. The number of hydrogen-bond donors (Lipinski definition) is 4. The van der Waals surface area contributed by atoms with Gasteiger partial charge in [0, 0.05) is 35.2 Å². The van der Waals surface area contributed by atoms with Crippen LogP contribution < -0.4 is 10.9 Å². The van der Waals surface area contributed by atoms with Crippen molar-refractivity contribution in [3.8, 4) is 0 Å². The minimum Gasteiger partial charge on any atom is -0.379 e. The first-order valence-electron chi connectivity index (χ1n) is 11.9. The van der Waals surface area contributed by atoms with Crippen molar-refractivity contribution in [3.63, 3.8) is 0 Å². The molecule has 0 aliphatic carbocycles. The molecule has 1 aliphatic heterocycles. The van der Waals surface area contributed by atoms with Crippen molar-refractivity contribution >= 4 is 61.8 Å². The summed E-state index contributed by atoms with van der Waals surface area (Å²) < 4.78 is 6.42. The van der Waals surface area contributed by atoms with Gasteiger partial charge in [-0.2, -0.15) is 0 Å². The third-order valence-electron chi connectivity index (χ3n) is 6.10. The van der Waals surface area contributed by atoms with Crippen LogP contribution in [0.2, 0.25) is 0 Å². The summed E-state index contributed by atoms with van der Waals surface area (Å²) in [6.07, 6.45) is 5.57. The first-order valence-corrected chi connectivity index (χ1v) is 14.3. The number of H-pyrrole nitrogens is 1. The number of fused-ring (bicyclic) bond motifs is 1. The summed E-state index contributed by atoms with van der Waals surface area (Å²) >= 11 is 9.97. The number of nitrogens with one attached hydrogen (secondary N) is 2. The number of morpholine rings is 1. The Bertz CT molecular complexity index is 1180. The molecule has 1 aromatic heterocycles. The van der Waals surface area contributed by atoms with Crippen molar-refractivity contribution in [1.82, 2.24) is 15.2 Å². The second kappa shape index (κ2) is 14.9. The van der Waals surface area contributed by atoms with Crippen LogP contribution in [-0.2, 0) is 11.2 Å². The molecule has 4 rings (SSSR count). The van der Waals surface area contributed by atoms with E-state index in [9.17, 15) is 4.79 Å². The number of aromatic nitrogens is 1. The smallest absolute Gasteiger partial charge is 0.256 e. The van der Waals surface area contributed by atoms with Gasteiger partial charge in [0.1, 0.15) is 0 Å². The number of rotatable bonds is 9. The van der Waals surface area contributed by atoms with E-state index in [-0.39, 0.29) is 5.56 Å². The van der Waals surface area contributed by atoms with Crippen molar-refractivity contribution in [2.75, 3.05) is 46.4 Å². The van der Waals surface area contributed by atoms with Gasteiger partial charge in [-0.25, -0.2) is 0 Å². The normalized spacial score (nSPS) is 14.6. The van der Waals surface area contributed by atoms with Crippen LogP contribution in [0.5, 0.6) is 0 Å². The lowest BCUT2D eigenvalue weighted by molar-refractivity contribution is 0.0372. The van der Waals surface area contributed by atoms with E-state index in [1.807, 2.05) is 31.3 Å². The summed E-state index contributed by atoms with van der Waals surface area (Å²) in [6.45, 7) is 5.60. The van der Waals surface area contributed by atoms with Crippen LogP contribution >= 0.6 is 39.3 Å². The van der Waals surface area contributed by atoms with Gasteiger partial charge in [0.05, 0.1) is 13.2 Å². The zero-order valence-electron chi connectivity index (χ0n) is 20.1. The summed E-state index contributed by atoms with van der Waals surface area (Å²) in [5.74, 6) is 0. The van der Waals surface area contributed by atoms with Gasteiger partial charge in [-0.15, -0.1) is 23.3 Å². The molecule has 3 aromatic rings. The van der Waals surface area contributed by atoms with Crippen molar-refractivity contribution in [3.05, 3.63) is 80.0 Å². The van der Waals surface area contributed by atoms with E-state index in [4.69, 9.17) is 4.74 Å². The predicted molar refractivity (Wildman–Crippen MR) is 159 cm³/mol. The molecule has 1 aliphatic rings. The van der Waals surface area contributed by atoms with Crippen LogP contribution in [0.25, 0.3) is 22.6 Å². The number of aromatic amines is 1. The first kappa shape index (κ1) is 28.0. The summed E-state index contributed by atoms with van der Waals surface area (Å²) in [5, 5.41) is 4.23. The third-order valence-corrected chi connectivity index (χ3v) is 6.60. The summed E-state index contributed by atoms with van der Waals surface area (Å²) in [7, 11) is 1.91. The number of ether oxygens (including phenoxy) is 1. The maximum Gasteiger partial charge on any atom is 0.256 e. The maximum absolute atomic E-state index is 12.8. The Balaban J connectivity index is 0.00000167. The second-order valence-electron chi connectivity index (χ2n) is 8.60. The largest absolute Gasteiger partial charge is 0.379 e. The lowest BCUT2D eigenvalue weighted by atomic mass is 10.00. The van der Waals surface area contributed by atoms with Crippen molar-refractivity contribution in [2.45, 2.75) is 19.3 Å². The number of pyridine rings is 1. The van der Waals surface area contributed by atoms with E-state index in [2.05, 4.69) is 84.8 Å². The second-order valence-corrected chi connectivity index (χ2v) is 9.52. The van der Waals surface area contributed by atoms with Gasteiger partial charge in [0.2, 0.25) is 0 Å². The van der Waals surface area contributed by atoms with E-state index in [0.29, 0.717) is 12.1 Å². The van der Waals surface area contributed by atoms with Gasteiger partial charge in [-0.05, 0) is 85.3 Å². The van der Waals surface area contributed by atoms with Crippen LogP contribution in [0.3, 0.4) is 0 Å². The predicted octanol–water partition coefficient (Wildman–Crippen LogP) is 5.47. The quantitative estimate of drug-likeness (QED) is 0.155. The summed E-state index contributed by atoms with van der Waals surface area (Å²) in [4.78, 5) is 18.4. The number of hydrogen-bond acceptors (Lipinski definition) is 6. The molecule has 0 amide bonds. The Hall–Kier alpha value is -1.55. The van der Waals surface area contributed by atoms with Crippen molar-refractivity contribution in [1.29, 1.82) is 0 Å². The highest BCUT2D eigenvalue weighted by molar-refractivity contribution is 9.10. The minimum absolute atomic E-state index is 0.0643. The van der Waals surface area contributed by atoms with Crippen LogP contribution in [0.1, 0.15) is 29.5 Å². The van der Waals surface area contributed by atoms with E-state index in [1.165, 1.54) is 18.4 Å². The first-order chi connectivity index (χ1) is 17.1. The summed E-state index contributed by atoms with van der Waals surface area (Å²) in [5.41, 5.74) is 4.92. The molecule has 2 heterocycles. The fourth-order valence-corrected chi connectivity index (χ4v) is 4.74. The van der Waals surface area contributed by atoms with Gasteiger partial charge in [-0.1, -0.05) is 40.2 Å². The standard InChI is InChI=1S/C27H32BrN3O2.H2S2/c1-29-19-23(25-18-22-17-24(28)8-9-26(22)30-27(25)32)16-21-7-4-6-20(15-21)5-2-3-10-31-11-13-33-14-12-31;1-2/h4,6-9,15-18,29H,2-3,5,10-14,19H2,1H3,(H,30,32);1-2H/b23-16+;. The van der Waals surface area contributed by atoms with Gasteiger partial charge in [-0.3, -0.25) is 9.69 Å². The number of thiol groups is 2. The molecule has 5 nitrogen and oxygen atoms in total. The molecule has 0 bridgehead atoms. The Morgan fingerprint density at radius 1 is 1.14 bits per heavy atom. The SMILES string of the molecule is CNC/C(=C\c1cccc(CCCCN2CCOCC2)c1)c1cc2cc(Br)ccc2[nH]c1=O.SS. The third kappa shape index (κ3) is 8.51. The molecule has 0 atom stereocenters. The number of nitrogens with zero attached hydrogens (tertiary/aromatic N) is 1. The number of halogens is 1. The zero-order valence-corrected chi connectivity index (χ0v) is 23.5. The number of likely N-dealkylation sites (N-methyl/N-ethyl adjacent to an activating group) is 1. The van der Waals surface area contributed by atoms with E-state index >= 15 is 0 Å². The highest BCUT2D eigenvalue weighted by Gasteiger charge is 2.10. The van der Waals surface area contributed by atoms with Crippen LogP contribution in [0, 0.1) is 0 Å². The average Bonchev–Trinajstić information content (AvgIpc) is 2.88. The van der Waals surface area contributed by atoms with Gasteiger partial charge in [0.25, 0.3) is 5.56 Å². The molecule has 8 heteroatoms. The molecule has 0 saturated carbocycles. The highest BCUT2D eigenvalue weighted by atomic mass is 79.9. The van der Waals surface area contributed by atoms with E-state index in [0.717, 1.165) is 65.8 Å². The molecule has 0 unspecified atom stereocenters. The molecule has 35 heavy (non-hydrogen) atoms. The fraction of sp³-hybridized carbons (Fsp3) is 0.370. The molecule has 1 saturated heterocycles. The molecule has 1 fully saturated rings. The number of aryl methyl sites for hydroxylation is 1. The molecule has 2 N–H and O–H groups in total. The minimum atomic E-state index is -0.0643. The van der Waals surface area contributed by atoms with Crippen LogP contribution in [0.15, 0.2) is 57.8 Å². The number of unbranched alkanes of at least 4 members (excludes halogenated alkanes) is 1. The van der Waals surface area contributed by atoms with Crippen molar-refractivity contribution < 1.29 is 4.74 Å². The molecule has 188 valence electrons. The molecular formula is C27H34BrN3O2S2. The van der Waals surface area contributed by atoms with Gasteiger partial charge in [0.15, 0.2) is 0 Å². The maximum atomic E-state index is 12.8. The topological polar surface area (TPSA) is 57.4 Å². The van der Waals surface area contributed by atoms with Crippen LogP contribution in [-0.4, -0.2) is 56.3 Å². The average molecular weight is 577 g/mol. The molecule has 2 aromatic carbocycles. The molecular weight excluding hydrogens is 542 g/mol. The summed E-state index contributed by atoms with van der Waals surface area (Å²) in [6, 6.07) is 16.5. The molecule has 0 radical (unpaired) electrons. The van der Waals surface area contributed by atoms with Gasteiger partial charge >= 0.3 is 0 Å². The van der Waals surface area contributed by atoms with Gasteiger partial charge < -0.3 is 15.0 Å². The van der Waals surface area contributed by atoms with Crippen LogP contribution in [0.4, 0.5) is 0 Å². The monoisotopic (exact) mass is 575 g/mol. The molecule has 0 spiro atoms. The van der Waals surface area contributed by atoms with Crippen molar-refractivity contribution in [2.24, 2.45) is 0 Å². The highest BCUT2D eigenvalue weighted by Crippen LogP contribution is 2.22. The lowest BCUT2D eigenvalue weighted by Gasteiger charge is -2.26. The Kier molecular flexibility index (Phi) is 11.9. The Morgan fingerprint density at radius 3 is 2.71 bits per heavy atom. The zero-order chi connectivity index (χ0) is 25.0. The fourth-order valence-electron chi connectivity index (χ4n) is 4.36. The van der Waals surface area contributed by atoms with E-state index < -0.39 is 0 Å². The van der Waals surface area contributed by atoms with E-state index in [1.54, 1.807) is 0 Å². The number of benzene rings is 2.